The van der Waals surface area contributed by atoms with Crippen molar-refractivity contribution in [1.29, 1.82) is 0 Å². The highest BCUT2D eigenvalue weighted by molar-refractivity contribution is 9.10. The van der Waals surface area contributed by atoms with E-state index in [-0.39, 0.29) is 0 Å². The van der Waals surface area contributed by atoms with Gasteiger partial charge < -0.3 is 0 Å². The molecular weight excluding hydrogens is 384 g/mol. The Labute approximate surface area is 131 Å². The molecule has 0 amide bonds. The number of fused-ring (bicyclic) bond motifs is 2. The van der Waals surface area contributed by atoms with Crippen LogP contribution >= 0.6 is 31.9 Å². The van der Waals surface area contributed by atoms with Crippen molar-refractivity contribution in [3.63, 3.8) is 0 Å². The third kappa shape index (κ3) is 1.79. The second-order valence-corrected chi connectivity index (χ2v) is 6.27. The lowest BCUT2D eigenvalue weighted by atomic mass is 10.3. The van der Waals surface area contributed by atoms with Crippen molar-refractivity contribution in [3.05, 3.63) is 58.0 Å². The van der Waals surface area contributed by atoms with Gasteiger partial charge in [-0.3, -0.25) is 8.80 Å². The zero-order valence-corrected chi connectivity index (χ0v) is 13.3. The lowest BCUT2D eigenvalue weighted by molar-refractivity contribution is 1.12. The molecule has 0 aromatic carbocycles. The Morgan fingerprint density at radius 2 is 1.15 bits per heavy atom. The maximum absolute atomic E-state index is 4.43. The summed E-state index contributed by atoms with van der Waals surface area (Å²) in [5, 5.41) is 0. The molecule has 0 saturated heterocycles. The minimum absolute atomic E-state index is 0.910. The second kappa shape index (κ2) is 4.43. The molecule has 0 unspecified atom stereocenters. The van der Waals surface area contributed by atoms with Crippen molar-refractivity contribution in [2.75, 3.05) is 0 Å². The maximum atomic E-state index is 4.43. The first-order chi connectivity index (χ1) is 9.72. The van der Waals surface area contributed by atoms with E-state index in [0.717, 1.165) is 31.6 Å². The number of halogens is 2. The number of imidazole rings is 2. The number of pyridine rings is 2. The molecule has 0 fully saturated rings. The summed E-state index contributed by atoms with van der Waals surface area (Å²) < 4.78 is 6.13. The second-order valence-electron chi connectivity index (χ2n) is 4.44. The van der Waals surface area contributed by atoms with Gasteiger partial charge in [-0.05, 0) is 56.1 Å². The third-order valence-electron chi connectivity index (χ3n) is 3.20. The van der Waals surface area contributed by atoms with Gasteiger partial charge in [-0.1, -0.05) is 0 Å². The highest BCUT2D eigenvalue weighted by Crippen LogP contribution is 2.24. The minimum atomic E-state index is 0.910. The molecule has 98 valence electrons. The van der Waals surface area contributed by atoms with Crippen molar-refractivity contribution < 1.29 is 0 Å². The summed E-state index contributed by atoms with van der Waals surface area (Å²) in [4.78, 5) is 8.87. The molecule has 0 N–H and O–H groups in total. The van der Waals surface area contributed by atoms with Gasteiger partial charge in [0.2, 0.25) is 0 Å². The first-order valence-corrected chi connectivity index (χ1v) is 7.56. The van der Waals surface area contributed by atoms with Crippen LogP contribution in [0.25, 0.3) is 22.7 Å². The van der Waals surface area contributed by atoms with Crippen LogP contribution in [0.4, 0.5) is 0 Å². The lowest BCUT2D eigenvalue weighted by Crippen LogP contribution is -1.92. The monoisotopic (exact) mass is 390 g/mol. The van der Waals surface area contributed by atoms with Crippen LogP contribution in [0.2, 0.25) is 0 Å². The molecule has 0 aliphatic carbocycles. The summed E-state index contributed by atoms with van der Waals surface area (Å²) in [5.41, 5.74) is 3.83. The van der Waals surface area contributed by atoms with E-state index in [1.807, 2.05) is 49.1 Å². The summed E-state index contributed by atoms with van der Waals surface area (Å²) in [6.45, 7) is 0. The van der Waals surface area contributed by atoms with Crippen LogP contribution in [-0.4, -0.2) is 18.8 Å². The molecular formula is C14H8Br2N4. The summed E-state index contributed by atoms with van der Waals surface area (Å²) in [6, 6.07) is 7.92. The van der Waals surface area contributed by atoms with Gasteiger partial charge in [-0.2, -0.15) is 0 Å². The van der Waals surface area contributed by atoms with E-state index >= 15 is 0 Å². The summed E-state index contributed by atoms with van der Waals surface area (Å²) >= 11 is 6.99. The van der Waals surface area contributed by atoms with Gasteiger partial charge in [0.15, 0.2) is 0 Å². The SMILES string of the molecule is Brc1ccc2ncc(-c3cnc4ccc(Br)cn34)n2c1. The van der Waals surface area contributed by atoms with E-state index in [1.54, 1.807) is 0 Å². The van der Waals surface area contributed by atoms with Crippen LogP contribution in [0, 0.1) is 0 Å². The number of nitrogens with zero attached hydrogens (tertiary/aromatic N) is 4. The Hall–Kier alpha value is -1.66. The highest BCUT2D eigenvalue weighted by Gasteiger charge is 2.11. The van der Waals surface area contributed by atoms with Crippen molar-refractivity contribution in [1.82, 2.24) is 18.8 Å². The van der Waals surface area contributed by atoms with Crippen molar-refractivity contribution in [2.45, 2.75) is 0 Å². The third-order valence-corrected chi connectivity index (χ3v) is 4.14. The Morgan fingerprint density at radius 1 is 0.700 bits per heavy atom. The molecule has 0 spiro atoms. The standard InChI is InChI=1S/C14H8Br2N4/c15-9-1-3-13-17-5-11(19(13)7-9)12-6-18-14-4-2-10(16)8-20(12)14/h1-8H. The van der Waals surface area contributed by atoms with Gasteiger partial charge in [-0.15, -0.1) is 0 Å². The predicted octanol–water partition coefficient (Wildman–Crippen LogP) is 4.17. The molecule has 0 bridgehead atoms. The Bertz CT molecular complexity index is 861. The molecule has 0 saturated carbocycles. The lowest BCUT2D eigenvalue weighted by Gasteiger charge is -2.03. The zero-order chi connectivity index (χ0) is 13.7. The fourth-order valence-electron chi connectivity index (χ4n) is 2.29. The van der Waals surface area contributed by atoms with Gasteiger partial charge in [0, 0.05) is 21.3 Å². The van der Waals surface area contributed by atoms with E-state index in [1.165, 1.54) is 0 Å². The van der Waals surface area contributed by atoms with Crippen LogP contribution in [0.1, 0.15) is 0 Å². The Kier molecular flexibility index (Phi) is 2.68. The summed E-state index contributed by atoms with van der Waals surface area (Å²) in [5.74, 6) is 0. The first-order valence-electron chi connectivity index (χ1n) is 5.98. The summed E-state index contributed by atoms with van der Waals surface area (Å²) in [6.07, 6.45) is 7.75. The van der Waals surface area contributed by atoms with E-state index in [9.17, 15) is 0 Å². The average Bonchev–Trinajstić information content (AvgIpc) is 3.01. The Balaban J connectivity index is 2.06. The van der Waals surface area contributed by atoms with Crippen molar-refractivity contribution in [3.8, 4) is 11.4 Å². The largest absolute Gasteiger partial charge is 0.297 e. The smallest absolute Gasteiger partial charge is 0.137 e. The molecule has 4 aromatic rings. The van der Waals surface area contributed by atoms with Gasteiger partial charge in [0.25, 0.3) is 0 Å². The Morgan fingerprint density at radius 3 is 1.60 bits per heavy atom. The molecule has 6 heteroatoms. The van der Waals surface area contributed by atoms with Gasteiger partial charge in [0.05, 0.1) is 23.8 Å². The quantitative estimate of drug-likeness (QED) is 0.488. The maximum Gasteiger partial charge on any atom is 0.137 e. The van der Waals surface area contributed by atoms with Gasteiger partial charge in [0.1, 0.15) is 11.3 Å². The van der Waals surface area contributed by atoms with Gasteiger partial charge >= 0.3 is 0 Å². The minimum Gasteiger partial charge on any atom is -0.297 e. The van der Waals surface area contributed by atoms with E-state index in [4.69, 9.17) is 0 Å². The molecule has 4 aromatic heterocycles. The molecule has 0 aliphatic rings. The summed E-state index contributed by atoms with van der Waals surface area (Å²) in [7, 11) is 0. The molecule has 4 nitrogen and oxygen atoms in total. The predicted molar refractivity (Wildman–Crippen MR) is 84.8 cm³/mol. The van der Waals surface area contributed by atoms with E-state index < -0.39 is 0 Å². The fraction of sp³-hybridized carbons (Fsp3) is 0. The van der Waals surface area contributed by atoms with Crippen LogP contribution in [0.3, 0.4) is 0 Å². The molecule has 4 heterocycles. The normalized spacial score (nSPS) is 11.5. The first kappa shape index (κ1) is 12.1. The number of rotatable bonds is 1. The van der Waals surface area contributed by atoms with E-state index in [2.05, 4.69) is 50.6 Å². The molecule has 0 aliphatic heterocycles. The molecule has 0 radical (unpaired) electrons. The van der Waals surface area contributed by atoms with Crippen LogP contribution in [-0.2, 0) is 0 Å². The molecule has 0 atom stereocenters. The highest BCUT2D eigenvalue weighted by atomic mass is 79.9. The van der Waals surface area contributed by atoms with E-state index in [0.29, 0.717) is 0 Å². The van der Waals surface area contributed by atoms with Crippen LogP contribution in [0.5, 0.6) is 0 Å². The van der Waals surface area contributed by atoms with Crippen LogP contribution in [0.15, 0.2) is 58.0 Å². The zero-order valence-electron chi connectivity index (χ0n) is 10.2. The number of hydrogen-bond acceptors (Lipinski definition) is 2. The van der Waals surface area contributed by atoms with Crippen molar-refractivity contribution >= 4 is 43.2 Å². The van der Waals surface area contributed by atoms with Crippen molar-refractivity contribution in [2.24, 2.45) is 0 Å². The van der Waals surface area contributed by atoms with Crippen LogP contribution < -0.4 is 0 Å². The number of hydrogen-bond donors (Lipinski definition) is 0. The average molecular weight is 392 g/mol. The number of aromatic nitrogens is 4. The molecule has 20 heavy (non-hydrogen) atoms. The topological polar surface area (TPSA) is 34.6 Å². The molecule has 4 rings (SSSR count). The fourth-order valence-corrected chi connectivity index (χ4v) is 2.96. The van der Waals surface area contributed by atoms with Gasteiger partial charge in [-0.25, -0.2) is 9.97 Å².